The zero-order chi connectivity index (χ0) is 15.6. The van der Waals surface area contributed by atoms with Crippen molar-refractivity contribution >= 4 is 0 Å². The number of nitrogens with zero attached hydrogens (tertiary/aromatic N) is 1. The van der Waals surface area contributed by atoms with Crippen LogP contribution < -0.4 is 10.1 Å². The van der Waals surface area contributed by atoms with Gasteiger partial charge in [0.25, 0.3) is 0 Å². The van der Waals surface area contributed by atoms with E-state index in [4.69, 9.17) is 4.74 Å². The maximum Gasteiger partial charge on any atom is 0.119 e. The molecule has 0 fully saturated rings. The third-order valence-electron chi connectivity index (χ3n) is 4.84. The first-order chi connectivity index (χ1) is 9.97. The Labute approximate surface area is 129 Å². The standard InChI is InChI=1S/C18H30N2O/c1-12(2)9-13(3)20(5)17-10-14-7-8-15(21-6)11-16(14)18(17)19-4/h7-8,11-13,17-19H,9-10H2,1-6H3. The molecular formula is C18H30N2O. The highest BCUT2D eigenvalue weighted by atomic mass is 16.5. The van der Waals surface area contributed by atoms with E-state index in [1.165, 1.54) is 17.5 Å². The van der Waals surface area contributed by atoms with Gasteiger partial charge in [0.2, 0.25) is 0 Å². The van der Waals surface area contributed by atoms with Crippen molar-refractivity contribution in [3.63, 3.8) is 0 Å². The third kappa shape index (κ3) is 3.41. The van der Waals surface area contributed by atoms with E-state index >= 15 is 0 Å². The van der Waals surface area contributed by atoms with Crippen LogP contribution in [0.4, 0.5) is 0 Å². The lowest BCUT2D eigenvalue weighted by Gasteiger charge is -2.35. The van der Waals surface area contributed by atoms with Crippen LogP contribution in [0.25, 0.3) is 0 Å². The van der Waals surface area contributed by atoms with Crippen molar-refractivity contribution < 1.29 is 4.74 Å². The monoisotopic (exact) mass is 290 g/mol. The minimum atomic E-state index is 0.384. The molecule has 1 aromatic carbocycles. The molecule has 0 saturated heterocycles. The Hall–Kier alpha value is -1.06. The molecule has 3 nitrogen and oxygen atoms in total. The Morgan fingerprint density at radius 2 is 2.05 bits per heavy atom. The van der Waals surface area contributed by atoms with Gasteiger partial charge < -0.3 is 10.1 Å². The molecule has 118 valence electrons. The van der Waals surface area contributed by atoms with E-state index in [-0.39, 0.29) is 0 Å². The van der Waals surface area contributed by atoms with E-state index in [0.717, 1.165) is 18.1 Å². The van der Waals surface area contributed by atoms with Crippen molar-refractivity contribution in [2.75, 3.05) is 21.2 Å². The predicted octanol–water partition coefficient (Wildman–Crippen LogP) is 3.25. The first kappa shape index (κ1) is 16.3. The van der Waals surface area contributed by atoms with E-state index in [0.29, 0.717) is 18.1 Å². The predicted molar refractivity (Wildman–Crippen MR) is 89.0 cm³/mol. The van der Waals surface area contributed by atoms with Gasteiger partial charge in [-0.05, 0) is 63.0 Å². The second kappa shape index (κ2) is 6.80. The summed E-state index contributed by atoms with van der Waals surface area (Å²) in [5, 5.41) is 3.51. The first-order valence-corrected chi connectivity index (χ1v) is 8.04. The topological polar surface area (TPSA) is 24.5 Å². The van der Waals surface area contributed by atoms with E-state index in [1.807, 2.05) is 0 Å². The average molecular weight is 290 g/mol. The summed E-state index contributed by atoms with van der Waals surface area (Å²) in [6, 6.07) is 7.99. The minimum Gasteiger partial charge on any atom is -0.497 e. The number of hydrogen-bond donors (Lipinski definition) is 1. The molecule has 21 heavy (non-hydrogen) atoms. The highest BCUT2D eigenvalue weighted by molar-refractivity contribution is 5.42. The molecule has 3 atom stereocenters. The van der Waals surface area contributed by atoms with Gasteiger partial charge >= 0.3 is 0 Å². The molecule has 1 aliphatic rings. The molecule has 0 saturated carbocycles. The van der Waals surface area contributed by atoms with Gasteiger partial charge in [-0.1, -0.05) is 19.9 Å². The highest BCUT2D eigenvalue weighted by Crippen LogP contribution is 2.37. The van der Waals surface area contributed by atoms with Crippen molar-refractivity contribution in [3.05, 3.63) is 29.3 Å². The van der Waals surface area contributed by atoms with Crippen molar-refractivity contribution in [2.24, 2.45) is 5.92 Å². The lowest BCUT2D eigenvalue weighted by Crippen LogP contribution is -2.44. The maximum atomic E-state index is 5.39. The van der Waals surface area contributed by atoms with Crippen LogP contribution >= 0.6 is 0 Å². The second-order valence-electron chi connectivity index (χ2n) is 6.75. The minimum absolute atomic E-state index is 0.384. The average Bonchev–Trinajstić information content (AvgIpc) is 2.82. The fraction of sp³-hybridized carbons (Fsp3) is 0.667. The fourth-order valence-corrected chi connectivity index (χ4v) is 3.63. The Balaban J connectivity index is 2.19. The molecule has 0 radical (unpaired) electrons. The summed E-state index contributed by atoms with van der Waals surface area (Å²) in [5.41, 5.74) is 2.84. The van der Waals surface area contributed by atoms with Crippen LogP contribution in [0.2, 0.25) is 0 Å². The number of hydrogen-bond acceptors (Lipinski definition) is 3. The molecule has 3 unspecified atom stereocenters. The number of rotatable bonds is 6. The summed E-state index contributed by atoms with van der Waals surface area (Å²) in [5.74, 6) is 1.69. The van der Waals surface area contributed by atoms with Crippen LogP contribution in [0.1, 0.15) is 44.4 Å². The van der Waals surface area contributed by atoms with Crippen LogP contribution in [-0.4, -0.2) is 38.2 Å². The van der Waals surface area contributed by atoms with E-state index in [9.17, 15) is 0 Å². The third-order valence-corrected chi connectivity index (χ3v) is 4.84. The number of benzene rings is 1. The molecule has 1 aliphatic carbocycles. The van der Waals surface area contributed by atoms with Gasteiger partial charge in [-0.2, -0.15) is 0 Å². The van der Waals surface area contributed by atoms with Crippen molar-refractivity contribution in [3.8, 4) is 5.75 Å². The van der Waals surface area contributed by atoms with Crippen LogP contribution in [0.15, 0.2) is 18.2 Å². The van der Waals surface area contributed by atoms with Crippen LogP contribution in [0.5, 0.6) is 5.75 Å². The molecule has 0 aliphatic heterocycles. The molecule has 0 bridgehead atoms. The number of methoxy groups -OCH3 is 1. The smallest absolute Gasteiger partial charge is 0.119 e. The first-order valence-electron chi connectivity index (χ1n) is 8.04. The lowest BCUT2D eigenvalue weighted by molar-refractivity contribution is 0.143. The summed E-state index contributed by atoms with van der Waals surface area (Å²) >= 11 is 0. The Bertz CT molecular complexity index is 472. The molecule has 0 heterocycles. The van der Waals surface area contributed by atoms with Crippen LogP contribution in [0, 0.1) is 5.92 Å². The second-order valence-corrected chi connectivity index (χ2v) is 6.75. The van der Waals surface area contributed by atoms with Gasteiger partial charge in [0.1, 0.15) is 5.75 Å². The normalized spacial score (nSPS) is 22.7. The van der Waals surface area contributed by atoms with Gasteiger partial charge in [0.15, 0.2) is 0 Å². The van der Waals surface area contributed by atoms with Crippen LogP contribution in [0.3, 0.4) is 0 Å². The lowest BCUT2D eigenvalue weighted by atomic mass is 10.0. The molecule has 0 amide bonds. The van der Waals surface area contributed by atoms with E-state index in [1.54, 1.807) is 7.11 Å². The van der Waals surface area contributed by atoms with Gasteiger partial charge in [0.05, 0.1) is 7.11 Å². The summed E-state index contributed by atoms with van der Waals surface area (Å²) in [6.07, 6.45) is 2.35. The Morgan fingerprint density at radius 3 is 2.62 bits per heavy atom. The van der Waals surface area contributed by atoms with E-state index < -0.39 is 0 Å². The molecule has 0 spiro atoms. The number of fused-ring (bicyclic) bond motifs is 1. The molecule has 0 aromatic heterocycles. The van der Waals surface area contributed by atoms with Crippen molar-refractivity contribution in [1.82, 2.24) is 10.2 Å². The maximum absolute atomic E-state index is 5.39. The van der Waals surface area contributed by atoms with Gasteiger partial charge in [-0.3, -0.25) is 4.90 Å². The SMILES string of the molecule is CNC1c2cc(OC)ccc2CC1N(C)C(C)CC(C)C. The largest absolute Gasteiger partial charge is 0.497 e. The Morgan fingerprint density at radius 1 is 1.33 bits per heavy atom. The zero-order valence-corrected chi connectivity index (χ0v) is 14.3. The van der Waals surface area contributed by atoms with Crippen LogP contribution in [-0.2, 0) is 6.42 Å². The summed E-state index contributed by atoms with van der Waals surface area (Å²) in [4.78, 5) is 2.55. The number of ether oxygens (including phenoxy) is 1. The van der Waals surface area contributed by atoms with Crippen molar-refractivity contribution in [2.45, 2.75) is 51.7 Å². The molecule has 2 rings (SSSR count). The van der Waals surface area contributed by atoms with Gasteiger partial charge in [0, 0.05) is 18.1 Å². The van der Waals surface area contributed by atoms with Gasteiger partial charge in [-0.25, -0.2) is 0 Å². The Kier molecular flexibility index (Phi) is 5.28. The molecule has 1 aromatic rings. The number of nitrogens with one attached hydrogen (secondary N) is 1. The van der Waals surface area contributed by atoms with Gasteiger partial charge in [-0.15, -0.1) is 0 Å². The molecule has 1 N–H and O–H groups in total. The fourth-order valence-electron chi connectivity index (χ4n) is 3.63. The van der Waals surface area contributed by atoms with E-state index in [2.05, 4.69) is 63.3 Å². The van der Waals surface area contributed by atoms with Crippen molar-refractivity contribution in [1.29, 1.82) is 0 Å². The summed E-state index contributed by atoms with van der Waals surface area (Å²) in [7, 11) is 6.07. The summed E-state index contributed by atoms with van der Waals surface area (Å²) in [6.45, 7) is 6.94. The number of likely N-dealkylation sites (N-methyl/N-ethyl adjacent to an activating group) is 2. The molecule has 3 heteroatoms. The highest BCUT2D eigenvalue weighted by Gasteiger charge is 2.35. The summed E-state index contributed by atoms with van der Waals surface area (Å²) < 4.78 is 5.39. The zero-order valence-electron chi connectivity index (χ0n) is 14.3. The quantitative estimate of drug-likeness (QED) is 0.870. The molecular weight excluding hydrogens is 260 g/mol.